The Morgan fingerprint density at radius 3 is 2.30 bits per heavy atom. The molecule has 0 radical (unpaired) electrons. The molecule has 1 atom stereocenters. The molecule has 0 aliphatic rings. The number of carbonyl (C=O) groups excluding carboxylic acids is 2. The molecule has 0 bridgehead atoms. The summed E-state index contributed by atoms with van der Waals surface area (Å²) < 4.78 is 0. The Morgan fingerprint density at radius 1 is 1.09 bits per heavy atom. The Bertz CT molecular complexity index is 503. The third kappa shape index (κ3) is 7.01. The summed E-state index contributed by atoms with van der Waals surface area (Å²) in [5.41, 5.74) is 0.484. The van der Waals surface area contributed by atoms with E-state index >= 15 is 0 Å². The van der Waals surface area contributed by atoms with Gasteiger partial charge in [0.25, 0.3) is 5.91 Å². The molecule has 0 aromatic heterocycles. The molecular weight excluding hydrogens is 314 g/mol. The molecule has 3 N–H and O–H groups in total. The first-order chi connectivity index (χ1) is 11.0. The number of nitrogens with one attached hydrogen (secondary N) is 3. The molecule has 1 aromatic carbocycles. The highest BCUT2D eigenvalue weighted by Gasteiger charge is 2.24. The molecule has 0 saturated heterocycles. The largest absolute Gasteiger partial charge is 0.353 e. The number of halogens is 1. The maximum absolute atomic E-state index is 12.3. The maximum Gasteiger partial charge on any atom is 0.251 e. The molecule has 5 nitrogen and oxygen atoms in total. The predicted octanol–water partition coefficient (Wildman–Crippen LogP) is 2.21. The van der Waals surface area contributed by atoms with Crippen LogP contribution < -0.4 is 16.0 Å². The fourth-order valence-electron chi connectivity index (χ4n) is 2.05. The smallest absolute Gasteiger partial charge is 0.251 e. The van der Waals surface area contributed by atoms with Crippen LogP contribution in [0.1, 0.15) is 37.6 Å². The minimum Gasteiger partial charge on any atom is -0.353 e. The van der Waals surface area contributed by atoms with Crippen LogP contribution in [-0.4, -0.2) is 37.5 Å². The average Bonchev–Trinajstić information content (AvgIpc) is 2.52. The van der Waals surface area contributed by atoms with Crippen molar-refractivity contribution in [2.45, 2.75) is 33.2 Å². The second kappa shape index (κ2) is 10.2. The van der Waals surface area contributed by atoms with Crippen LogP contribution in [0.5, 0.6) is 0 Å². The van der Waals surface area contributed by atoms with E-state index in [4.69, 9.17) is 11.6 Å². The minimum atomic E-state index is -0.565. The summed E-state index contributed by atoms with van der Waals surface area (Å²) in [5.74, 6) is -0.449. The molecule has 23 heavy (non-hydrogen) atoms. The molecule has 2 amide bonds. The van der Waals surface area contributed by atoms with E-state index in [0.29, 0.717) is 17.1 Å². The van der Waals surface area contributed by atoms with E-state index in [1.54, 1.807) is 24.3 Å². The van der Waals surface area contributed by atoms with Gasteiger partial charge >= 0.3 is 0 Å². The van der Waals surface area contributed by atoms with Crippen LogP contribution in [0.4, 0.5) is 0 Å². The number of hydrogen-bond acceptors (Lipinski definition) is 3. The second-order valence-corrected chi connectivity index (χ2v) is 6.18. The van der Waals surface area contributed by atoms with E-state index in [1.807, 2.05) is 13.8 Å². The zero-order valence-electron chi connectivity index (χ0n) is 14.0. The number of hydrogen-bond donors (Lipinski definition) is 3. The molecule has 0 spiro atoms. The third-order valence-corrected chi connectivity index (χ3v) is 3.62. The maximum atomic E-state index is 12.3. The van der Waals surface area contributed by atoms with Crippen molar-refractivity contribution in [2.75, 3.05) is 19.6 Å². The van der Waals surface area contributed by atoms with Crippen molar-refractivity contribution in [3.8, 4) is 0 Å². The molecule has 0 aliphatic heterocycles. The van der Waals surface area contributed by atoms with Crippen molar-refractivity contribution in [1.29, 1.82) is 0 Å². The summed E-state index contributed by atoms with van der Waals surface area (Å²) >= 11 is 5.81. The standard InChI is InChI=1S/C17H26ClN3O2/c1-4-9-19-10-11-20-17(23)15(12(2)3)21-16(22)13-5-7-14(18)8-6-13/h5-8,12,15,19H,4,9-11H2,1-3H3,(H,20,23)(H,21,22). The van der Waals surface area contributed by atoms with Crippen LogP contribution in [0.2, 0.25) is 5.02 Å². The fourth-order valence-corrected chi connectivity index (χ4v) is 2.17. The van der Waals surface area contributed by atoms with Gasteiger partial charge in [-0.05, 0) is 43.1 Å². The molecule has 1 aromatic rings. The minimum absolute atomic E-state index is 0.00477. The predicted molar refractivity (Wildman–Crippen MR) is 93.7 cm³/mol. The van der Waals surface area contributed by atoms with E-state index < -0.39 is 6.04 Å². The first kappa shape index (κ1) is 19.5. The van der Waals surface area contributed by atoms with Gasteiger partial charge in [0.2, 0.25) is 5.91 Å². The van der Waals surface area contributed by atoms with E-state index in [-0.39, 0.29) is 17.7 Å². The van der Waals surface area contributed by atoms with Gasteiger partial charge in [-0.1, -0.05) is 32.4 Å². The molecule has 0 saturated carbocycles. The summed E-state index contributed by atoms with van der Waals surface area (Å²) in [6.45, 7) is 8.08. The van der Waals surface area contributed by atoms with Gasteiger partial charge in [0.1, 0.15) is 6.04 Å². The summed E-state index contributed by atoms with van der Waals surface area (Å²) in [6.07, 6.45) is 1.06. The van der Waals surface area contributed by atoms with Crippen molar-refractivity contribution in [3.63, 3.8) is 0 Å². The summed E-state index contributed by atoms with van der Waals surface area (Å²) in [4.78, 5) is 24.5. The topological polar surface area (TPSA) is 70.2 Å². The van der Waals surface area contributed by atoms with Crippen molar-refractivity contribution in [1.82, 2.24) is 16.0 Å². The van der Waals surface area contributed by atoms with Crippen molar-refractivity contribution in [3.05, 3.63) is 34.9 Å². The van der Waals surface area contributed by atoms with Gasteiger partial charge in [0.15, 0.2) is 0 Å². The van der Waals surface area contributed by atoms with Gasteiger partial charge in [0.05, 0.1) is 0 Å². The number of benzene rings is 1. The van der Waals surface area contributed by atoms with Gasteiger partial charge in [0, 0.05) is 23.7 Å². The Balaban J connectivity index is 2.55. The van der Waals surface area contributed by atoms with Crippen LogP contribution in [0.3, 0.4) is 0 Å². The quantitative estimate of drug-likeness (QED) is 0.604. The van der Waals surface area contributed by atoms with E-state index in [2.05, 4.69) is 22.9 Å². The number of rotatable bonds is 9. The molecule has 0 aliphatic carbocycles. The molecule has 1 unspecified atom stereocenters. The molecule has 0 fully saturated rings. The average molecular weight is 340 g/mol. The van der Waals surface area contributed by atoms with Gasteiger partial charge in [-0.25, -0.2) is 0 Å². The lowest BCUT2D eigenvalue weighted by molar-refractivity contribution is -0.123. The van der Waals surface area contributed by atoms with E-state index in [1.165, 1.54) is 0 Å². The molecule has 0 heterocycles. The highest BCUT2D eigenvalue weighted by atomic mass is 35.5. The first-order valence-electron chi connectivity index (χ1n) is 8.00. The van der Waals surface area contributed by atoms with Gasteiger partial charge in [-0.15, -0.1) is 0 Å². The third-order valence-electron chi connectivity index (χ3n) is 3.37. The summed E-state index contributed by atoms with van der Waals surface area (Å²) in [6, 6.07) is 6.02. The van der Waals surface area contributed by atoms with E-state index in [0.717, 1.165) is 19.5 Å². The monoisotopic (exact) mass is 339 g/mol. The summed E-state index contributed by atoms with van der Waals surface area (Å²) in [7, 11) is 0. The molecule has 6 heteroatoms. The lowest BCUT2D eigenvalue weighted by atomic mass is 10.0. The Labute approximate surface area is 143 Å². The van der Waals surface area contributed by atoms with Crippen LogP contribution in [0, 0.1) is 5.92 Å². The number of carbonyl (C=O) groups is 2. The zero-order valence-corrected chi connectivity index (χ0v) is 14.7. The normalized spacial score (nSPS) is 12.0. The van der Waals surface area contributed by atoms with Crippen molar-refractivity contribution >= 4 is 23.4 Å². The Morgan fingerprint density at radius 2 is 1.74 bits per heavy atom. The van der Waals surface area contributed by atoms with Crippen LogP contribution in [0.15, 0.2) is 24.3 Å². The van der Waals surface area contributed by atoms with Crippen molar-refractivity contribution < 1.29 is 9.59 Å². The summed E-state index contributed by atoms with van der Waals surface area (Å²) in [5, 5.41) is 9.43. The van der Waals surface area contributed by atoms with Crippen LogP contribution >= 0.6 is 11.6 Å². The fraction of sp³-hybridized carbons (Fsp3) is 0.529. The van der Waals surface area contributed by atoms with Crippen LogP contribution in [-0.2, 0) is 4.79 Å². The van der Waals surface area contributed by atoms with Crippen molar-refractivity contribution in [2.24, 2.45) is 5.92 Å². The van der Waals surface area contributed by atoms with Gasteiger partial charge in [-0.3, -0.25) is 9.59 Å². The SMILES string of the molecule is CCCNCCNC(=O)C(NC(=O)c1ccc(Cl)cc1)C(C)C. The first-order valence-corrected chi connectivity index (χ1v) is 8.38. The zero-order chi connectivity index (χ0) is 17.2. The van der Waals surface area contributed by atoms with Gasteiger partial charge < -0.3 is 16.0 Å². The van der Waals surface area contributed by atoms with Crippen LogP contribution in [0.25, 0.3) is 0 Å². The Kier molecular flexibility index (Phi) is 8.66. The molecular formula is C17H26ClN3O2. The second-order valence-electron chi connectivity index (χ2n) is 5.74. The Hall–Kier alpha value is -1.59. The highest BCUT2D eigenvalue weighted by Crippen LogP contribution is 2.10. The van der Waals surface area contributed by atoms with E-state index in [9.17, 15) is 9.59 Å². The molecule has 1 rings (SSSR count). The lowest BCUT2D eigenvalue weighted by Gasteiger charge is -2.22. The van der Waals surface area contributed by atoms with Gasteiger partial charge in [-0.2, -0.15) is 0 Å². The highest BCUT2D eigenvalue weighted by molar-refractivity contribution is 6.30. The molecule has 128 valence electrons. The number of amides is 2. The lowest BCUT2D eigenvalue weighted by Crippen LogP contribution is -2.50.